The number of amides is 1. The number of carbonyl (C=O) groups is 1. The lowest BCUT2D eigenvalue weighted by Crippen LogP contribution is -2.47. The predicted octanol–water partition coefficient (Wildman–Crippen LogP) is 3.20. The fourth-order valence-corrected chi connectivity index (χ4v) is 4.28. The van der Waals surface area contributed by atoms with Crippen LogP contribution in [0.15, 0.2) is 12.1 Å². The summed E-state index contributed by atoms with van der Waals surface area (Å²) in [5.41, 5.74) is 0.125. The molecule has 1 saturated heterocycles. The summed E-state index contributed by atoms with van der Waals surface area (Å²) >= 11 is 0. The summed E-state index contributed by atoms with van der Waals surface area (Å²) in [4.78, 5) is 15.6. The molecular weight excluding hydrogens is 381 g/mol. The van der Waals surface area contributed by atoms with Gasteiger partial charge < -0.3 is 10.2 Å². The van der Waals surface area contributed by atoms with Crippen molar-refractivity contribution in [3.63, 3.8) is 0 Å². The minimum atomic E-state index is -1.16. The topological polar surface area (TPSA) is 59.4 Å². The molecule has 5 nitrogen and oxygen atoms in total. The summed E-state index contributed by atoms with van der Waals surface area (Å²) in [6.45, 7) is 3.65. The minimum absolute atomic E-state index is 0.0830. The van der Waals surface area contributed by atoms with E-state index in [2.05, 4.69) is 10.2 Å². The molecular formula is C21H27F3N4O. The van der Waals surface area contributed by atoms with Gasteiger partial charge in [0.25, 0.3) is 0 Å². The lowest BCUT2D eigenvalue weighted by Gasteiger charge is -2.37. The molecule has 29 heavy (non-hydrogen) atoms. The Morgan fingerprint density at radius 2 is 1.69 bits per heavy atom. The number of nitrogens with zero attached hydrogens (tertiary/aromatic N) is 3. The Bertz CT molecular complexity index is 751. The van der Waals surface area contributed by atoms with E-state index in [1.165, 1.54) is 0 Å². The molecule has 1 aromatic carbocycles. The smallest absolute Gasteiger partial charge is 0.234 e. The molecule has 0 unspecified atom stereocenters. The maximum absolute atomic E-state index is 14.0. The lowest BCUT2D eigenvalue weighted by molar-refractivity contribution is -0.121. The van der Waals surface area contributed by atoms with Gasteiger partial charge in [-0.1, -0.05) is 0 Å². The number of hydrogen-bond donors (Lipinski definition) is 1. The van der Waals surface area contributed by atoms with Crippen LogP contribution in [-0.2, 0) is 4.79 Å². The number of hydrogen-bond acceptors (Lipinski definition) is 4. The summed E-state index contributed by atoms with van der Waals surface area (Å²) in [5, 5.41) is 11.5. The normalized spacial score (nSPS) is 22.9. The second-order valence-electron chi connectivity index (χ2n) is 7.96. The van der Waals surface area contributed by atoms with Gasteiger partial charge in [-0.25, -0.2) is 13.2 Å². The molecule has 1 saturated carbocycles. The number of benzene rings is 1. The van der Waals surface area contributed by atoms with Gasteiger partial charge in [0.15, 0.2) is 11.6 Å². The Morgan fingerprint density at radius 3 is 2.34 bits per heavy atom. The minimum Gasteiger partial charge on any atom is -0.367 e. The van der Waals surface area contributed by atoms with Crippen molar-refractivity contribution < 1.29 is 18.0 Å². The number of anilines is 1. The zero-order valence-corrected chi connectivity index (χ0v) is 16.5. The molecule has 1 amide bonds. The highest BCUT2D eigenvalue weighted by Crippen LogP contribution is 2.28. The Balaban J connectivity index is 1.37. The standard InChI is InChI=1S/C21H27F3N4O/c22-17-13-19(24)20(14-18(17)23)28-11-9-27(10-12-28)8-6-15-1-3-16(4-2-15)26-21(29)5-7-25/h13-16H,1-6,8-12H2,(H,26,29). The second-order valence-corrected chi connectivity index (χ2v) is 7.96. The predicted molar refractivity (Wildman–Crippen MR) is 104 cm³/mol. The zero-order valence-electron chi connectivity index (χ0n) is 16.5. The molecule has 158 valence electrons. The maximum atomic E-state index is 14.0. The fraction of sp³-hybridized carbons (Fsp3) is 0.619. The second kappa shape index (κ2) is 9.97. The molecule has 8 heteroatoms. The van der Waals surface area contributed by atoms with Crippen molar-refractivity contribution in [3.05, 3.63) is 29.6 Å². The van der Waals surface area contributed by atoms with Gasteiger partial charge in [0, 0.05) is 44.4 Å². The Kier molecular flexibility index (Phi) is 7.37. The lowest BCUT2D eigenvalue weighted by atomic mass is 9.84. The molecule has 0 aromatic heterocycles. The van der Waals surface area contributed by atoms with E-state index in [9.17, 15) is 18.0 Å². The van der Waals surface area contributed by atoms with Crippen LogP contribution in [0.5, 0.6) is 0 Å². The van der Waals surface area contributed by atoms with Crippen LogP contribution in [-0.4, -0.2) is 49.6 Å². The van der Waals surface area contributed by atoms with Gasteiger partial charge in [0.05, 0.1) is 11.8 Å². The van der Waals surface area contributed by atoms with Gasteiger partial charge in [0.2, 0.25) is 5.91 Å². The Hall–Kier alpha value is -2.27. The van der Waals surface area contributed by atoms with E-state index >= 15 is 0 Å². The molecule has 0 atom stereocenters. The first-order valence-electron chi connectivity index (χ1n) is 10.2. The Labute approximate surface area is 169 Å². The fourth-order valence-electron chi connectivity index (χ4n) is 4.28. The van der Waals surface area contributed by atoms with Crippen molar-refractivity contribution in [3.8, 4) is 6.07 Å². The first-order chi connectivity index (χ1) is 14.0. The highest BCUT2D eigenvalue weighted by atomic mass is 19.2. The molecule has 1 aliphatic carbocycles. The van der Waals surface area contributed by atoms with Crippen molar-refractivity contribution in [1.82, 2.24) is 10.2 Å². The van der Waals surface area contributed by atoms with Crippen LogP contribution in [0.2, 0.25) is 0 Å². The number of nitriles is 1. The molecule has 0 spiro atoms. The third kappa shape index (κ3) is 5.86. The number of rotatable bonds is 6. The highest BCUT2D eigenvalue weighted by Gasteiger charge is 2.25. The van der Waals surface area contributed by atoms with E-state index in [0.29, 0.717) is 25.1 Å². The van der Waals surface area contributed by atoms with Crippen LogP contribution in [0.1, 0.15) is 38.5 Å². The number of piperazine rings is 1. The van der Waals surface area contributed by atoms with E-state index < -0.39 is 17.5 Å². The summed E-state index contributed by atoms with van der Waals surface area (Å²) in [7, 11) is 0. The quantitative estimate of drug-likeness (QED) is 0.735. The first kappa shape index (κ1) is 21.4. The third-order valence-electron chi connectivity index (χ3n) is 6.01. The van der Waals surface area contributed by atoms with Gasteiger partial charge in [-0.05, 0) is 44.6 Å². The van der Waals surface area contributed by atoms with Gasteiger partial charge in [-0.3, -0.25) is 9.69 Å². The van der Waals surface area contributed by atoms with E-state index in [4.69, 9.17) is 5.26 Å². The SMILES string of the molecule is N#CCC(=O)NC1CCC(CCN2CCN(c3cc(F)c(F)cc3F)CC2)CC1. The largest absolute Gasteiger partial charge is 0.367 e. The van der Waals surface area contributed by atoms with Crippen LogP contribution in [0.3, 0.4) is 0 Å². The van der Waals surface area contributed by atoms with Gasteiger partial charge >= 0.3 is 0 Å². The zero-order chi connectivity index (χ0) is 20.8. The van der Waals surface area contributed by atoms with Crippen molar-refractivity contribution in [2.24, 2.45) is 5.92 Å². The average Bonchev–Trinajstić information content (AvgIpc) is 2.71. The van der Waals surface area contributed by atoms with E-state index in [1.807, 2.05) is 6.07 Å². The molecule has 0 radical (unpaired) electrons. The van der Waals surface area contributed by atoms with E-state index in [-0.39, 0.29) is 24.1 Å². The molecule has 1 aliphatic heterocycles. The number of halogens is 3. The first-order valence-corrected chi connectivity index (χ1v) is 10.2. The van der Waals surface area contributed by atoms with Gasteiger partial charge in [-0.2, -0.15) is 5.26 Å². The third-order valence-corrected chi connectivity index (χ3v) is 6.01. The van der Waals surface area contributed by atoms with Crippen LogP contribution >= 0.6 is 0 Å². The van der Waals surface area contributed by atoms with E-state index in [0.717, 1.165) is 57.8 Å². The summed E-state index contributed by atoms with van der Waals surface area (Å²) < 4.78 is 40.5. The molecule has 3 rings (SSSR count). The highest BCUT2D eigenvalue weighted by molar-refractivity contribution is 5.78. The maximum Gasteiger partial charge on any atom is 0.234 e. The molecule has 1 heterocycles. The van der Waals surface area contributed by atoms with Crippen LogP contribution in [0.4, 0.5) is 18.9 Å². The van der Waals surface area contributed by atoms with Crippen LogP contribution in [0, 0.1) is 34.7 Å². The average molecular weight is 408 g/mol. The molecule has 1 N–H and O–H groups in total. The Morgan fingerprint density at radius 1 is 1.03 bits per heavy atom. The monoisotopic (exact) mass is 408 g/mol. The summed E-state index contributed by atoms with van der Waals surface area (Å²) in [6.07, 6.45) is 5.03. The summed E-state index contributed by atoms with van der Waals surface area (Å²) in [6, 6.07) is 3.60. The van der Waals surface area contributed by atoms with Gasteiger partial charge in [-0.15, -0.1) is 0 Å². The van der Waals surface area contributed by atoms with Crippen molar-refractivity contribution >= 4 is 11.6 Å². The van der Waals surface area contributed by atoms with Crippen molar-refractivity contribution in [2.75, 3.05) is 37.6 Å². The number of nitrogens with one attached hydrogen (secondary N) is 1. The van der Waals surface area contributed by atoms with Crippen molar-refractivity contribution in [2.45, 2.75) is 44.6 Å². The van der Waals surface area contributed by atoms with E-state index in [1.54, 1.807) is 4.90 Å². The van der Waals surface area contributed by atoms with Crippen molar-refractivity contribution in [1.29, 1.82) is 5.26 Å². The van der Waals surface area contributed by atoms with Gasteiger partial charge in [0.1, 0.15) is 12.2 Å². The van der Waals surface area contributed by atoms with Crippen LogP contribution in [0.25, 0.3) is 0 Å². The van der Waals surface area contributed by atoms with Crippen LogP contribution < -0.4 is 10.2 Å². The molecule has 1 aromatic rings. The molecule has 0 bridgehead atoms. The summed E-state index contributed by atoms with van der Waals surface area (Å²) in [5.74, 6) is -2.48. The molecule has 2 fully saturated rings. The molecule has 2 aliphatic rings. The number of carbonyl (C=O) groups excluding carboxylic acids is 1.